The number of carbonyl (C=O) groups excluding carboxylic acids is 2. The van der Waals surface area contributed by atoms with E-state index in [1.807, 2.05) is 6.07 Å². The van der Waals surface area contributed by atoms with Gasteiger partial charge in [-0.1, -0.05) is 0 Å². The van der Waals surface area contributed by atoms with Crippen molar-refractivity contribution in [3.8, 4) is 6.07 Å². The van der Waals surface area contributed by atoms with Gasteiger partial charge in [-0.25, -0.2) is 13.6 Å². The van der Waals surface area contributed by atoms with E-state index in [9.17, 15) is 24.0 Å². The summed E-state index contributed by atoms with van der Waals surface area (Å²) in [5, 5.41) is 13.2. The molecule has 1 aliphatic carbocycles. The molecule has 10 heteroatoms. The van der Waals surface area contributed by atoms with Gasteiger partial charge in [0.1, 0.15) is 29.3 Å². The minimum atomic E-state index is -1.11. The van der Waals surface area contributed by atoms with Crippen molar-refractivity contribution >= 4 is 33.7 Å². The van der Waals surface area contributed by atoms with E-state index in [0.717, 1.165) is 18.9 Å². The lowest BCUT2D eigenvalue weighted by molar-refractivity contribution is -0.128. The van der Waals surface area contributed by atoms with Gasteiger partial charge >= 0.3 is 6.09 Å². The molecule has 2 heterocycles. The number of hydrogen-bond donors (Lipinski definition) is 2. The van der Waals surface area contributed by atoms with Crippen molar-refractivity contribution in [2.45, 2.75) is 70.2 Å². The molecule has 38 heavy (non-hydrogen) atoms. The number of amides is 2. The van der Waals surface area contributed by atoms with E-state index in [1.54, 1.807) is 20.8 Å². The van der Waals surface area contributed by atoms with Gasteiger partial charge < -0.3 is 15.0 Å². The zero-order chi connectivity index (χ0) is 27.4. The van der Waals surface area contributed by atoms with Crippen molar-refractivity contribution in [2.24, 2.45) is 5.92 Å². The van der Waals surface area contributed by atoms with E-state index in [2.05, 4.69) is 10.3 Å². The van der Waals surface area contributed by atoms with Gasteiger partial charge in [0.2, 0.25) is 5.91 Å². The van der Waals surface area contributed by atoms with Gasteiger partial charge in [0.25, 0.3) is 5.56 Å². The highest BCUT2D eigenvalue weighted by Crippen LogP contribution is 2.43. The number of carbonyl (C=O) groups is 2. The average Bonchev–Trinajstić information content (AvgIpc) is 3.46. The number of fused-ring (bicyclic) bond motifs is 5. The molecule has 5 rings (SSSR count). The van der Waals surface area contributed by atoms with Gasteiger partial charge in [0, 0.05) is 28.8 Å². The van der Waals surface area contributed by atoms with Crippen LogP contribution in [-0.4, -0.2) is 45.6 Å². The maximum atomic E-state index is 15.2. The van der Waals surface area contributed by atoms with Crippen molar-refractivity contribution in [2.75, 3.05) is 0 Å². The Bertz CT molecular complexity index is 1550. The Hall–Kier alpha value is -4.00. The summed E-state index contributed by atoms with van der Waals surface area (Å²) in [5.41, 5.74) is -0.772. The largest absolute Gasteiger partial charge is 0.444 e. The Morgan fingerprint density at radius 2 is 1.95 bits per heavy atom. The summed E-state index contributed by atoms with van der Waals surface area (Å²) in [6.07, 6.45) is 1.49. The van der Waals surface area contributed by atoms with Crippen LogP contribution in [0.2, 0.25) is 0 Å². The van der Waals surface area contributed by atoms with Gasteiger partial charge in [0.15, 0.2) is 0 Å². The minimum absolute atomic E-state index is 0.0449. The van der Waals surface area contributed by atoms with Crippen LogP contribution in [0.25, 0.3) is 21.7 Å². The summed E-state index contributed by atoms with van der Waals surface area (Å²) in [4.78, 5) is 43.0. The normalized spacial score (nSPS) is 21.5. The molecule has 4 atom stereocenters. The van der Waals surface area contributed by atoms with Crippen molar-refractivity contribution < 1.29 is 23.1 Å². The van der Waals surface area contributed by atoms with Crippen LogP contribution in [0.15, 0.2) is 35.1 Å². The zero-order valence-electron chi connectivity index (χ0n) is 21.3. The lowest BCUT2D eigenvalue weighted by Crippen LogP contribution is -2.55. The van der Waals surface area contributed by atoms with Crippen molar-refractivity contribution in [3.63, 3.8) is 0 Å². The molecule has 1 saturated heterocycles. The highest BCUT2D eigenvalue weighted by atomic mass is 19.1. The maximum Gasteiger partial charge on any atom is 0.411 e. The Kier molecular flexibility index (Phi) is 6.33. The van der Waals surface area contributed by atoms with Gasteiger partial charge in [-0.2, -0.15) is 5.26 Å². The molecule has 1 unspecified atom stereocenters. The maximum absolute atomic E-state index is 15.2. The monoisotopic (exact) mass is 522 g/mol. The molecule has 2 fully saturated rings. The number of benzene rings is 2. The molecule has 2 N–H and O–H groups in total. The number of aromatic nitrogens is 1. The van der Waals surface area contributed by atoms with E-state index < -0.39 is 46.9 Å². The average molecular weight is 523 g/mol. The van der Waals surface area contributed by atoms with Crippen molar-refractivity contribution in [1.29, 1.82) is 5.26 Å². The van der Waals surface area contributed by atoms with Crippen molar-refractivity contribution in [1.82, 2.24) is 15.2 Å². The molecule has 1 aromatic heterocycles. The molecule has 0 spiro atoms. The number of rotatable bonds is 4. The topological polar surface area (TPSA) is 115 Å². The first-order valence-electron chi connectivity index (χ1n) is 12.6. The van der Waals surface area contributed by atoms with E-state index in [0.29, 0.717) is 17.3 Å². The number of H-pyrrole nitrogens is 1. The van der Waals surface area contributed by atoms with Gasteiger partial charge in [-0.05, 0) is 87.2 Å². The van der Waals surface area contributed by atoms with Crippen molar-refractivity contribution in [3.05, 3.63) is 57.9 Å². The number of halogens is 2. The predicted molar refractivity (Wildman–Crippen MR) is 136 cm³/mol. The van der Waals surface area contributed by atoms with Crippen LogP contribution >= 0.6 is 0 Å². The number of nitriles is 1. The van der Waals surface area contributed by atoms with Gasteiger partial charge in [-0.3, -0.25) is 14.5 Å². The smallest absolute Gasteiger partial charge is 0.411 e. The molecule has 3 aromatic rings. The van der Waals surface area contributed by atoms with Crippen LogP contribution in [-0.2, 0) is 16.0 Å². The van der Waals surface area contributed by atoms with Crippen LogP contribution in [0.1, 0.15) is 45.6 Å². The van der Waals surface area contributed by atoms with E-state index in [-0.39, 0.29) is 34.7 Å². The standard InChI is InChI=1S/C28H28F2N4O4/c1-28(2,3)38-27(37)34-18-6-4-14(9-18)24(34)26(36)32-17(13-31)8-15-10-21-19(12-22(15)30)20-11-16(29)5-7-23(20)33-25(21)35/h5,7,10-12,14,17-18,24H,4,6,8-9H2,1-3H3,(H,32,36)(H,33,35)/t14-,17?,18+,24-/m0/s1. The number of aromatic amines is 1. The second-order valence-electron chi connectivity index (χ2n) is 11.1. The summed E-state index contributed by atoms with van der Waals surface area (Å²) in [6.45, 7) is 5.26. The third-order valence-electron chi connectivity index (χ3n) is 7.31. The molecule has 2 aromatic carbocycles. The lowest BCUT2D eigenvalue weighted by Gasteiger charge is -2.35. The minimum Gasteiger partial charge on any atom is -0.444 e. The number of likely N-dealkylation sites (tertiary alicyclic amines) is 1. The molecule has 1 saturated carbocycles. The number of nitrogens with one attached hydrogen (secondary N) is 2. The Morgan fingerprint density at radius 3 is 2.66 bits per heavy atom. The lowest BCUT2D eigenvalue weighted by atomic mass is 9.96. The van der Waals surface area contributed by atoms with E-state index in [4.69, 9.17) is 4.74 Å². The molecule has 0 radical (unpaired) electrons. The second kappa shape index (κ2) is 9.39. The second-order valence-corrected chi connectivity index (χ2v) is 11.1. The van der Waals surface area contributed by atoms with Crippen LogP contribution in [0, 0.1) is 28.9 Å². The first-order chi connectivity index (χ1) is 17.9. The quantitative estimate of drug-likeness (QED) is 0.496. The fraction of sp³-hybridized carbons (Fsp3) is 0.429. The van der Waals surface area contributed by atoms with Crippen LogP contribution in [0.5, 0.6) is 0 Å². The summed E-state index contributed by atoms with van der Waals surface area (Å²) < 4.78 is 34.5. The van der Waals surface area contributed by atoms with Gasteiger partial charge in [-0.15, -0.1) is 0 Å². The highest BCUT2D eigenvalue weighted by molar-refractivity contribution is 6.05. The highest BCUT2D eigenvalue weighted by Gasteiger charge is 2.52. The Labute approximate surface area is 217 Å². The molecular weight excluding hydrogens is 494 g/mol. The third-order valence-corrected chi connectivity index (χ3v) is 7.31. The van der Waals surface area contributed by atoms with Crippen LogP contribution in [0.4, 0.5) is 13.6 Å². The van der Waals surface area contributed by atoms with Crippen LogP contribution in [0.3, 0.4) is 0 Å². The SMILES string of the molecule is CC(C)(C)OC(=O)N1[C@@H]2CC[C@@H](C2)[C@H]1C(=O)NC(C#N)Cc1cc2c(=O)[nH]c3ccc(F)cc3c2cc1F. The summed E-state index contributed by atoms with van der Waals surface area (Å²) in [5.74, 6) is -1.74. The zero-order valence-corrected chi connectivity index (χ0v) is 21.3. The first-order valence-corrected chi connectivity index (χ1v) is 12.6. The first kappa shape index (κ1) is 25.6. The third kappa shape index (κ3) is 4.69. The molecule has 1 aliphatic heterocycles. The Balaban J connectivity index is 1.39. The Morgan fingerprint density at radius 1 is 1.18 bits per heavy atom. The van der Waals surface area contributed by atoms with E-state index in [1.165, 1.54) is 29.2 Å². The fourth-order valence-corrected chi connectivity index (χ4v) is 5.73. The molecular formula is C28H28F2N4O4. The predicted octanol–water partition coefficient (Wildman–Crippen LogP) is 4.30. The molecule has 2 amide bonds. The number of hydrogen-bond acceptors (Lipinski definition) is 5. The van der Waals surface area contributed by atoms with Crippen LogP contribution < -0.4 is 10.9 Å². The summed E-state index contributed by atoms with van der Waals surface area (Å²) >= 11 is 0. The summed E-state index contributed by atoms with van der Waals surface area (Å²) in [6, 6.07) is 6.32. The van der Waals surface area contributed by atoms with Gasteiger partial charge in [0.05, 0.1) is 6.07 Å². The molecule has 2 bridgehead atoms. The molecule has 8 nitrogen and oxygen atoms in total. The number of pyridine rings is 1. The molecule has 2 aliphatic rings. The number of nitrogens with zero attached hydrogens (tertiary/aromatic N) is 2. The van der Waals surface area contributed by atoms with E-state index >= 15 is 4.39 Å². The summed E-state index contributed by atoms with van der Waals surface area (Å²) in [7, 11) is 0. The molecule has 198 valence electrons. The fourth-order valence-electron chi connectivity index (χ4n) is 5.73. The number of piperidine rings is 1. The number of ether oxygens (including phenoxy) is 1.